The number of nitrogens with one attached hydrogen (secondary N) is 2. The Morgan fingerprint density at radius 3 is 3.07 bits per heavy atom. The lowest BCUT2D eigenvalue weighted by Crippen LogP contribution is -2.20. The van der Waals surface area contributed by atoms with Gasteiger partial charge in [-0.1, -0.05) is 11.6 Å². The van der Waals surface area contributed by atoms with Gasteiger partial charge >= 0.3 is 0 Å². The third kappa shape index (κ3) is 3.29. The summed E-state index contributed by atoms with van der Waals surface area (Å²) in [6.45, 7) is 0.00956. The first kappa shape index (κ1) is 15.2. The number of carbonyl (C=O) groups is 1. The smallest absolute Gasteiger partial charge is 0.251 e. The molecule has 0 saturated carbocycles. The molecule has 1 fully saturated rings. The Bertz CT molecular complexity index is 1160. The molecule has 2 N–H and O–H groups in total. The fraction of sp³-hybridized carbons (Fsp3) is 0.316. The van der Waals surface area contributed by atoms with E-state index in [4.69, 9.17) is 20.5 Å². The van der Waals surface area contributed by atoms with Crippen molar-refractivity contribution in [3.05, 3.63) is 46.5 Å². The summed E-state index contributed by atoms with van der Waals surface area (Å²) in [5.41, 5.74) is 0.947. The van der Waals surface area contributed by atoms with Crippen molar-refractivity contribution in [1.29, 1.82) is 0 Å². The fourth-order valence-corrected chi connectivity index (χ4v) is 3.38. The van der Waals surface area contributed by atoms with Crippen LogP contribution in [0.2, 0.25) is 5.02 Å². The van der Waals surface area contributed by atoms with Crippen LogP contribution >= 0.6 is 11.6 Å². The highest BCUT2D eigenvalue weighted by Gasteiger charge is 2.21. The number of carbonyl (C=O) groups excluding carboxylic acids is 1. The molecule has 0 aliphatic carbocycles. The van der Waals surface area contributed by atoms with Crippen LogP contribution in [0, 0.1) is 12.7 Å². The van der Waals surface area contributed by atoms with E-state index in [9.17, 15) is 4.79 Å². The summed E-state index contributed by atoms with van der Waals surface area (Å²) in [6.07, 6.45) is 3.79. The predicted molar refractivity (Wildman–Crippen MR) is 104 cm³/mol. The number of hydrogen-bond donors (Lipinski definition) is 2. The Balaban J connectivity index is 1.78. The van der Waals surface area contributed by atoms with Gasteiger partial charge in [0.25, 0.3) is 5.91 Å². The predicted octanol–water partition coefficient (Wildman–Crippen LogP) is 3.06. The van der Waals surface area contributed by atoms with Gasteiger partial charge in [0.2, 0.25) is 0 Å². The van der Waals surface area contributed by atoms with Crippen molar-refractivity contribution in [2.75, 3.05) is 25.5 Å². The molecule has 4 rings (SSSR count). The lowest BCUT2D eigenvalue weighted by atomic mass is 10.0. The largest absolute Gasteiger partial charge is 0.379 e. The van der Waals surface area contributed by atoms with Gasteiger partial charge in [0.1, 0.15) is 16.7 Å². The molecular weight excluding hydrogens is 385 g/mol. The van der Waals surface area contributed by atoms with Gasteiger partial charge < -0.3 is 15.4 Å². The highest BCUT2D eigenvalue weighted by Crippen LogP contribution is 2.31. The molecule has 7 nitrogen and oxygen atoms in total. The van der Waals surface area contributed by atoms with Gasteiger partial charge in [0.15, 0.2) is 5.65 Å². The second-order valence-corrected chi connectivity index (χ2v) is 6.98. The van der Waals surface area contributed by atoms with Gasteiger partial charge in [0, 0.05) is 34.4 Å². The molecule has 1 atom stereocenters. The number of amides is 1. The number of fused-ring (bicyclic) bond motifs is 1. The monoisotopic (exact) mass is 406 g/mol. The van der Waals surface area contributed by atoms with E-state index in [0.717, 1.165) is 6.42 Å². The molecule has 0 unspecified atom stereocenters. The number of anilines is 1. The van der Waals surface area contributed by atoms with Crippen molar-refractivity contribution >= 4 is 29.0 Å². The second kappa shape index (κ2) is 7.37. The third-order valence-corrected chi connectivity index (χ3v) is 4.92. The Labute approximate surface area is 170 Å². The summed E-state index contributed by atoms with van der Waals surface area (Å²) in [5.74, 6) is -0.976. The van der Waals surface area contributed by atoms with Crippen LogP contribution in [0.15, 0.2) is 24.5 Å². The molecular formula is C19H19ClFN5O2. The summed E-state index contributed by atoms with van der Waals surface area (Å²) in [5, 5.41) is 9.67. The maximum Gasteiger partial charge on any atom is 0.251 e. The standard InChI is InChI=1S/C19H19ClFN5O2/c1-10-5-11(19(27)22-2)6-13(16(10)21)14-7-23-26-8-15(20)17(25-18(14)26)24-12-3-4-28-9-12/h5-8,12H,3-4,9H2,1-2H3,(H,22,27)(H,24,25)/t12-/m0/s1/i2D3. The molecule has 1 aromatic carbocycles. The molecule has 1 amide bonds. The molecule has 3 heterocycles. The molecule has 146 valence electrons. The van der Waals surface area contributed by atoms with Gasteiger partial charge in [0.05, 0.1) is 25.0 Å². The number of benzene rings is 1. The lowest BCUT2D eigenvalue weighted by molar-refractivity contribution is 0.0963. The van der Waals surface area contributed by atoms with Gasteiger partial charge in [-0.15, -0.1) is 0 Å². The van der Waals surface area contributed by atoms with E-state index >= 15 is 4.39 Å². The Hall–Kier alpha value is -2.71. The van der Waals surface area contributed by atoms with Crippen LogP contribution in [0.5, 0.6) is 0 Å². The highest BCUT2D eigenvalue weighted by atomic mass is 35.5. The number of aromatic nitrogens is 3. The Morgan fingerprint density at radius 2 is 2.32 bits per heavy atom. The van der Waals surface area contributed by atoms with E-state index in [1.165, 1.54) is 29.8 Å². The highest BCUT2D eigenvalue weighted by molar-refractivity contribution is 6.32. The van der Waals surface area contributed by atoms with Crippen molar-refractivity contribution in [3.63, 3.8) is 0 Å². The first-order chi connectivity index (χ1) is 14.6. The maximum absolute atomic E-state index is 15.0. The molecule has 0 radical (unpaired) electrons. The van der Waals surface area contributed by atoms with E-state index in [2.05, 4.69) is 15.4 Å². The normalized spacial score (nSPS) is 18.5. The average molecular weight is 407 g/mol. The lowest BCUT2D eigenvalue weighted by Gasteiger charge is -2.13. The van der Waals surface area contributed by atoms with E-state index in [1.54, 1.807) is 6.20 Å². The molecule has 28 heavy (non-hydrogen) atoms. The number of rotatable bonds is 4. The van der Waals surface area contributed by atoms with Gasteiger partial charge in [-0.2, -0.15) is 5.10 Å². The zero-order chi connectivity index (χ0) is 22.3. The first-order valence-electron chi connectivity index (χ1n) is 10.1. The summed E-state index contributed by atoms with van der Waals surface area (Å²) >= 11 is 6.31. The second-order valence-electron chi connectivity index (χ2n) is 6.58. The Morgan fingerprint density at radius 1 is 1.46 bits per heavy atom. The van der Waals surface area contributed by atoms with Crippen LogP contribution in [-0.2, 0) is 4.74 Å². The first-order valence-corrected chi connectivity index (χ1v) is 9.01. The van der Waals surface area contributed by atoms with Crippen LogP contribution in [0.3, 0.4) is 0 Å². The zero-order valence-electron chi connectivity index (χ0n) is 17.9. The van der Waals surface area contributed by atoms with Crippen LogP contribution < -0.4 is 10.6 Å². The topological polar surface area (TPSA) is 80.6 Å². The molecule has 1 aliphatic rings. The van der Waals surface area contributed by atoms with Gasteiger partial charge in [-0.05, 0) is 31.0 Å². The molecule has 2 aromatic heterocycles. The minimum Gasteiger partial charge on any atom is -0.379 e. The number of hydrogen-bond acceptors (Lipinski definition) is 5. The van der Waals surface area contributed by atoms with Crippen LogP contribution in [0.4, 0.5) is 10.2 Å². The third-order valence-electron chi connectivity index (χ3n) is 4.64. The SMILES string of the molecule is [2H]C([2H])([2H])NC(=O)c1cc(C)c(F)c(-c2cnn3cc(Cl)c(N[C@H]4CCOC4)nc23)c1. The summed E-state index contributed by atoms with van der Waals surface area (Å²) in [7, 11) is 0. The summed E-state index contributed by atoms with van der Waals surface area (Å²) in [4.78, 5) is 16.9. The number of halogens is 2. The molecule has 1 aliphatic heterocycles. The molecule has 9 heteroatoms. The minimum absolute atomic E-state index is 0.0137. The zero-order valence-corrected chi connectivity index (χ0v) is 15.7. The van der Waals surface area contributed by atoms with Crippen molar-refractivity contribution in [1.82, 2.24) is 19.9 Å². The van der Waals surface area contributed by atoms with E-state index in [1.807, 2.05) is 5.32 Å². The fourth-order valence-electron chi connectivity index (χ4n) is 3.19. The summed E-state index contributed by atoms with van der Waals surface area (Å²) < 4.78 is 43.4. The van der Waals surface area contributed by atoms with E-state index in [-0.39, 0.29) is 22.7 Å². The van der Waals surface area contributed by atoms with Crippen molar-refractivity contribution in [3.8, 4) is 11.1 Å². The number of nitrogens with zero attached hydrogens (tertiary/aromatic N) is 3. The average Bonchev–Trinajstić information content (AvgIpc) is 3.32. The quantitative estimate of drug-likeness (QED) is 0.696. The van der Waals surface area contributed by atoms with Crippen LogP contribution in [0.1, 0.15) is 26.5 Å². The molecule has 3 aromatic rings. The summed E-state index contributed by atoms with van der Waals surface area (Å²) in [6, 6.07) is 2.64. The van der Waals surface area contributed by atoms with Crippen LogP contribution in [0.25, 0.3) is 16.8 Å². The maximum atomic E-state index is 15.0. The number of ether oxygens (including phenoxy) is 1. The van der Waals surface area contributed by atoms with Crippen molar-refractivity contribution < 1.29 is 18.0 Å². The molecule has 0 bridgehead atoms. The van der Waals surface area contributed by atoms with Gasteiger partial charge in [-0.3, -0.25) is 4.79 Å². The van der Waals surface area contributed by atoms with E-state index in [0.29, 0.717) is 35.3 Å². The molecule has 0 spiro atoms. The molecule has 1 saturated heterocycles. The van der Waals surface area contributed by atoms with Crippen LogP contribution in [-0.4, -0.2) is 46.7 Å². The van der Waals surface area contributed by atoms with Crippen molar-refractivity contribution in [2.45, 2.75) is 19.4 Å². The van der Waals surface area contributed by atoms with Crippen molar-refractivity contribution in [2.24, 2.45) is 0 Å². The van der Waals surface area contributed by atoms with Gasteiger partial charge in [-0.25, -0.2) is 13.9 Å². The minimum atomic E-state index is -2.66. The Kier molecular flexibility index (Phi) is 4.01. The number of aryl methyl sites for hydroxylation is 1. The van der Waals surface area contributed by atoms with E-state index < -0.39 is 18.7 Å².